The summed E-state index contributed by atoms with van der Waals surface area (Å²) in [6.45, 7) is 3.80. The molecule has 1 rings (SSSR count). The van der Waals surface area contributed by atoms with Crippen molar-refractivity contribution >= 4 is 43.8 Å². The summed E-state index contributed by atoms with van der Waals surface area (Å²) < 4.78 is 10.2. The summed E-state index contributed by atoms with van der Waals surface area (Å²) in [6, 6.07) is 6.18. The second kappa shape index (κ2) is 8.42. The van der Waals surface area contributed by atoms with Crippen molar-refractivity contribution in [2.24, 2.45) is 0 Å². The predicted octanol–water partition coefficient (Wildman–Crippen LogP) is 4.26. The first-order valence-electron chi connectivity index (χ1n) is 6.28. The van der Waals surface area contributed by atoms with Crippen molar-refractivity contribution in [3.63, 3.8) is 0 Å². The third-order valence-electron chi connectivity index (χ3n) is 2.47. The van der Waals surface area contributed by atoms with E-state index in [9.17, 15) is 9.59 Å². The van der Waals surface area contributed by atoms with Crippen molar-refractivity contribution < 1.29 is 19.1 Å². The van der Waals surface area contributed by atoms with Crippen LogP contribution in [0.5, 0.6) is 0 Å². The molecular formula is C14H16Br2O4. The molecule has 0 saturated heterocycles. The molecule has 0 N–H and O–H groups in total. The summed E-state index contributed by atoms with van der Waals surface area (Å²) >= 11 is 6.45. The van der Waals surface area contributed by atoms with Crippen LogP contribution in [0.1, 0.15) is 47.4 Å². The molecule has 0 amide bonds. The van der Waals surface area contributed by atoms with Crippen LogP contribution in [0.2, 0.25) is 0 Å². The van der Waals surface area contributed by atoms with Crippen LogP contribution < -0.4 is 0 Å². The van der Waals surface area contributed by atoms with Crippen LogP contribution in [-0.2, 0) is 9.47 Å². The number of ether oxygens (including phenoxy) is 2. The fourth-order valence-electron chi connectivity index (χ4n) is 1.28. The Labute approximate surface area is 135 Å². The van der Waals surface area contributed by atoms with Gasteiger partial charge in [0.2, 0.25) is 0 Å². The van der Waals surface area contributed by atoms with Crippen LogP contribution in [0.3, 0.4) is 0 Å². The van der Waals surface area contributed by atoms with Crippen LogP contribution in [-0.4, -0.2) is 22.0 Å². The second-order valence-electron chi connectivity index (χ2n) is 4.02. The lowest BCUT2D eigenvalue weighted by Crippen LogP contribution is -2.13. The minimum atomic E-state index is -0.430. The van der Waals surface area contributed by atoms with Crippen molar-refractivity contribution in [1.82, 2.24) is 0 Å². The Morgan fingerprint density at radius 1 is 0.900 bits per heavy atom. The van der Waals surface area contributed by atoms with Gasteiger partial charge in [0.1, 0.15) is 0 Å². The number of alkyl halides is 2. The van der Waals surface area contributed by atoms with Crippen LogP contribution in [0.15, 0.2) is 24.3 Å². The first kappa shape index (κ1) is 17.2. The van der Waals surface area contributed by atoms with E-state index < -0.39 is 11.9 Å². The van der Waals surface area contributed by atoms with Crippen LogP contribution in [0.4, 0.5) is 0 Å². The summed E-state index contributed by atoms with van der Waals surface area (Å²) in [6.07, 6.45) is 1.36. The number of hydrogen-bond acceptors (Lipinski definition) is 4. The van der Waals surface area contributed by atoms with Gasteiger partial charge < -0.3 is 9.47 Å². The van der Waals surface area contributed by atoms with Crippen molar-refractivity contribution in [2.45, 2.75) is 36.7 Å². The largest absolute Gasteiger partial charge is 0.447 e. The highest BCUT2D eigenvalue weighted by Gasteiger charge is 2.15. The maximum Gasteiger partial charge on any atom is 0.339 e. The molecule has 0 saturated carbocycles. The third-order valence-corrected chi connectivity index (χ3v) is 4.14. The molecule has 6 heteroatoms. The summed E-state index contributed by atoms with van der Waals surface area (Å²) in [5.41, 5.74) is 0.788. The Balaban J connectivity index is 2.68. The summed E-state index contributed by atoms with van der Waals surface area (Å²) in [4.78, 5) is 23.5. The number of benzene rings is 1. The van der Waals surface area contributed by atoms with Gasteiger partial charge in [-0.1, -0.05) is 13.8 Å². The number of esters is 2. The van der Waals surface area contributed by atoms with Crippen molar-refractivity contribution in [3.05, 3.63) is 35.4 Å². The topological polar surface area (TPSA) is 52.6 Å². The third kappa shape index (κ3) is 5.25. The molecule has 0 heterocycles. The van der Waals surface area contributed by atoms with Gasteiger partial charge in [-0.25, -0.2) is 9.59 Å². The molecule has 0 aromatic heterocycles. The van der Waals surface area contributed by atoms with Gasteiger partial charge in [-0.15, -0.1) is 0 Å². The molecule has 2 unspecified atom stereocenters. The lowest BCUT2D eigenvalue weighted by Gasteiger charge is -2.10. The van der Waals surface area contributed by atoms with Crippen molar-refractivity contribution in [1.29, 1.82) is 0 Å². The second-order valence-corrected chi connectivity index (χ2v) is 6.07. The number of carbonyl (C=O) groups is 2. The molecule has 0 bridgehead atoms. The van der Waals surface area contributed by atoms with E-state index in [-0.39, 0.29) is 10.0 Å². The Hall–Kier alpha value is -0.880. The van der Waals surface area contributed by atoms with Gasteiger partial charge in [-0.05, 0) is 69.0 Å². The number of hydrogen-bond donors (Lipinski definition) is 0. The molecule has 2 atom stereocenters. The van der Waals surface area contributed by atoms with Crippen LogP contribution in [0, 0.1) is 0 Å². The van der Waals surface area contributed by atoms with Gasteiger partial charge in [-0.2, -0.15) is 0 Å². The zero-order chi connectivity index (χ0) is 15.1. The molecule has 1 aromatic rings. The molecule has 20 heavy (non-hydrogen) atoms. The molecule has 0 radical (unpaired) electrons. The average molecular weight is 408 g/mol. The standard InChI is InChI=1S/C14H16Br2O4/c1-3-11(15)19-13(17)9-5-7-10(8-6-9)14(18)20-12(16)4-2/h5-8,11-12H,3-4H2,1-2H3. The van der Waals surface area contributed by atoms with Gasteiger partial charge in [0.05, 0.1) is 11.1 Å². The molecule has 0 aliphatic rings. The minimum Gasteiger partial charge on any atom is -0.447 e. The number of carbonyl (C=O) groups excluding carboxylic acids is 2. The van der Waals surface area contributed by atoms with Gasteiger partial charge in [0, 0.05) is 0 Å². The zero-order valence-corrected chi connectivity index (χ0v) is 14.4. The molecule has 1 aromatic carbocycles. The minimum absolute atomic E-state index is 0.307. The maximum absolute atomic E-state index is 11.7. The van der Waals surface area contributed by atoms with E-state index >= 15 is 0 Å². The molecule has 4 nitrogen and oxygen atoms in total. The molecule has 110 valence electrons. The Bertz CT molecular complexity index is 416. The molecule has 0 spiro atoms. The first-order valence-corrected chi connectivity index (χ1v) is 8.11. The van der Waals surface area contributed by atoms with Gasteiger partial charge >= 0.3 is 11.9 Å². The zero-order valence-electron chi connectivity index (χ0n) is 11.3. The van der Waals surface area contributed by atoms with E-state index in [4.69, 9.17) is 9.47 Å². The normalized spacial score (nSPS) is 13.4. The monoisotopic (exact) mass is 406 g/mol. The fraction of sp³-hybridized carbons (Fsp3) is 0.429. The van der Waals surface area contributed by atoms with Gasteiger partial charge in [0.15, 0.2) is 10.0 Å². The fourth-order valence-corrected chi connectivity index (χ4v) is 1.62. The van der Waals surface area contributed by atoms with Crippen LogP contribution in [0.25, 0.3) is 0 Å². The molecule has 0 fully saturated rings. The van der Waals surface area contributed by atoms with E-state index in [1.54, 1.807) is 24.3 Å². The highest BCUT2D eigenvalue weighted by Crippen LogP contribution is 2.14. The van der Waals surface area contributed by atoms with Gasteiger partial charge in [-0.3, -0.25) is 0 Å². The highest BCUT2D eigenvalue weighted by molar-refractivity contribution is 9.09. The van der Waals surface area contributed by atoms with E-state index in [1.807, 2.05) is 13.8 Å². The Morgan fingerprint density at radius 3 is 1.45 bits per heavy atom. The summed E-state index contributed by atoms with van der Waals surface area (Å²) in [7, 11) is 0. The predicted molar refractivity (Wildman–Crippen MR) is 83.3 cm³/mol. The highest BCUT2D eigenvalue weighted by atomic mass is 79.9. The molecular weight excluding hydrogens is 392 g/mol. The van der Waals surface area contributed by atoms with Crippen molar-refractivity contribution in [3.8, 4) is 0 Å². The van der Waals surface area contributed by atoms with E-state index in [1.165, 1.54) is 0 Å². The van der Waals surface area contributed by atoms with E-state index in [0.29, 0.717) is 24.0 Å². The number of halogens is 2. The molecule has 0 aliphatic carbocycles. The molecule has 0 aliphatic heterocycles. The van der Waals surface area contributed by atoms with E-state index in [2.05, 4.69) is 31.9 Å². The number of rotatable bonds is 6. The van der Waals surface area contributed by atoms with Crippen molar-refractivity contribution in [2.75, 3.05) is 0 Å². The SMILES string of the molecule is CCC(Br)OC(=O)c1ccc(C(=O)OC(Br)CC)cc1. The van der Waals surface area contributed by atoms with Crippen LogP contribution >= 0.6 is 31.9 Å². The Kier molecular flexibility index (Phi) is 7.23. The lowest BCUT2D eigenvalue weighted by molar-refractivity contribution is 0.0449. The summed E-state index contributed by atoms with van der Waals surface area (Å²) in [5, 5.41) is -0.614. The smallest absolute Gasteiger partial charge is 0.339 e. The quantitative estimate of drug-likeness (QED) is 0.522. The first-order chi connectivity index (χ1) is 9.47. The van der Waals surface area contributed by atoms with Gasteiger partial charge in [0.25, 0.3) is 0 Å². The summed E-state index contributed by atoms with van der Waals surface area (Å²) in [5.74, 6) is -0.860. The lowest BCUT2D eigenvalue weighted by atomic mass is 10.1. The Morgan fingerprint density at radius 2 is 1.20 bits per heavy atom. The van der Waals surface area contributed by atoms with E-state index in [0.717, 1.165) is 0 Å². The maximum atomic E-state index is 11.7. The average Bonchev–Trinajstić information content (AvgIpc) is 2.46.